The Hall–Kier alpha value is -1.36. The van der Waals surface area contributed by atoms with Gasteiger partial charge in [0, 0.05) is 43.9 Å². The van der Waals surface area contributed by atoms with E-state index in [9.17, 15) is 0 Å². The zero-order valence-corrected chi connectivity index (χ0v) is 12.2. The Morgan fingerprint density at radius 3 is 2.70 bits per heavy atom. The standard InChI is InChI=1S/C15H23N4O/c1-15(5-3-6-15)12-20-13-4-7-16-14(17-13)19-10-8-18(2)9-11-19/h4,7H,1,3,5-6,8-12H2,2H3. The molecule has 0 unspecified atom stereocenters. The first kappa shape index (κ1) is 13.6. The zero-order valence-electron chi connectivity index (χ0n) is 12.2. The van der Waals surface area contributed by atoms with E-state index in [0.717, 1.165) is 45.0 Å². The minimum absolute atomic E-state index is 0.110. The molecular weight excluding hydrogens is 252 g/mol. The number of anilines is 1. The normalized spacial score (nSPS) is 22.4. The molecule has 0 bridgehead atoms. The number of rotatable bonds is 4. The van der Waals surface area contributed by atoms with Crippen molar-refractivity contribution in [2.24, 2.45) is 5.41 Å². The second kappa shape index (κ2) is 5.56. The van der Waals surface area contributed by atoms with Crippen molar-refractivity contribution in [3.8, 4) is 5.88 Å². The van der Waals surface area contributed by atoms with Crippen LogP contribution in [0.3, 0.4) is 0 Å². The van der Waals surface area contributed by atoms with Crippen LogP contribution in [0, 0.1) is 12.3 Å². The summed E-state index contributed by atoms with van der Waals surface area (Å²) in [5.41, 5.74) is 0.110. The molecule has 1 radical (unpaired) electrons. The molecule has 0 atom stereocenters. The van der Waals surface area contributed by atoms with Crippen molar-refractivity contribution >= 4 is 5.95 Å². The van der Waals surface area contributed by atoms with Crippen LogP contribution in [0.1, 0.15) is 19.3 Å². The maximum atomic E-state index is 5.81. The molecule has 2 aliphatic rings. The highest BCUT2D eigenvalue weighted by molar-refractivity contribution is 5.32. The second-order valence-electron chi connectivity index (χ2n) is 6.13. The number of ether oxygens (including phenoxy) is 1. The third-order valence-electron chi connectivity index (χ3n) is 4.34. The molecule has 0 aromatic carbocycles. The number of piperazine rings is 1. The molecule has 1 saturated heterocycles. The highest BCUT2D eigenvalue weighted by atomic mass is 16.5. The zero-order chi connectivity index (χ0) is 14.0. The first-order chi connectivity index (χ1) is 9.65. The quantitative estimate of drug-likeness (QED) is 0.835. The number of hydrogen-bond donors (Lipinski definition) is 0. The maximum Gasteiger partial charge on any atom is 0.228 e. The molecule has 3 rings (SSSR count). The van der Waals surface area contributed by atoms with E-state index in [-0.39, 0.29) is 5.41 Å². The summed E-state index contributed by atoms with van der Waals surface area (Å²) in [5, 5.41) is 0. The lowest BCUT2D eigenvalue weighted by molar-refractivity contribution is 0.101. The summed E-state index contributed by atoms with van der Waals surface area (Å²) in [7, 11) is 2.14. The van der Waals surface area contributed by atoms with Gasteiger partial charge in [0.05, 0.1) is 6.61 Å². The largest absolute Gasteiger partial charge is 0.477 e. The molecule has 0 amide bonds. The fraction of sp³-hybridized carbons (Fsp3) is 0.667. The van der Waals surface area contributed by atoms with E-state index in [1.165, 1.54) is 6.42 Å². The highest BCUT2D eigenvalue weighted by Gasteiger charge is 2.32. The molecule has 2 heterocycles. The van der Waals surface area contributed by atoms with Gasteiger partial charge in [-0.2, -0.15) is 4.98 Å². The lowest BCUT2D eigenvalue weighted by Gasteiger charge is -2.37. The number of aromatic nitrogens is 2. The lowest BCUT2D eigenvalue weighted by atomic mass is 9.71. The average Bonchev–Trinajstić information content (AvgIpc) is 2.44. The molecule has 0 spiro atoms. The van der Waals surface area contributed by atoms with Crippen molar-refractivity contribution in [1.82, 2.24) is 14.9 Å². The number of nitrogens with zero attached hydrogens (tertiary/aromatic N) is 4. The molecular formula is C15H23N4O. The number of hydrogen-bond acceptors (Lipinski definition) is 5. The van der Waals surface area contributed by atoms with Crippen LogP contribution in [0.5, 0.6) is 5.88 Å². The number of likely N-dealkylation sites (N-methyl/N-ethyl adjacent to an activating group) is 1. The van der Waals surface area contributed by atoms with Crippen LogP contribution in [0.25, 0.3) is 0 Å². The van der Waals surface area contributed by atoms with Crippen molar-refractivity contribution in [3.05, 3.63) is 19.2 Å². The maximum absolute atomic E-state index is 5.81. The van der Waals surface area contributed by atoms with Crippen LogP contribution >= 0.6 is 0 Å². The molecule has 5 heteroatoms. The van der Waals surface area contributed by atoms with E-state index >= 15 is 0 Å². The van der Waals surface area contributed by atoms with Crippen molar-refractivity contribution in [2.45, 2.75) is 19.3 Å². The highest BCUT2D eigenvalue weighted by Crippen LogP contribution is 2.39. The minimum atomic E-state index is 0.110. The molecule has 109 valence electrons. The van der Waals surface area contributed by atoms with Crippen LogP contribution in [0.4, 0.5) is 5.95 Å². The molecule has 0 N–H and O–H groups in total. The fourth-order valence-electron chi connectivity index (χ4n) is 2.62. The van der Waals surface area contributed by atoms with Gasteiger partial charge >= 0.3 is 0 Å². The topological polar surface area (TPSA) is 41.5 Å². The Bertz CT molecular complexity index is 453. The van der Waals surface area contributed by atoms with E-state index in [1.54, 1.807) is 6.20 Å². The monoisotopic (exact) mass is 275 g/mol. The van der Waals surface area contributed by atoms with E-state index in [0.29, 0.717) is 12.5 Å². The van der Waals surface area contributed by atoms with Gasteiger partial charge in [-0.1, -0.05) is 6.42 Å². The third-order valence-corrected chi connectivity index (χ3v) is 4.34. The SMILES string of the molecule is [CH2]C1(COc2ccnc(N3CCN(C)CC3)n2)CCC1. The summed E-state index contributed by atoms with van der Waals surface area (Å²) in [6.45, 7) is 8.93. The Kier molecular flexibility index (Phi) is 3.78. The second-order valence-corrected chi connectivity index (χ2v) is 6.13. The van der Waals surface area contributed by atoms with Crippen LogP contribution in [0.15, 0.2) is 12.3 Å². The van der Waals surface area contributed by atoms with Crippen molar-refractivity contribution < 1.29 is 4.74 Å². The van der Waals surface area contributed by atoms with Crippen LogP contribution in [0.2, 0.25) is 0 Å². The lowest BCUT2D eigenvalue weighted by Crippen LogP contribution is -2.45. The van der Waals surface area contributed by atoms with Gasteiger partial charge in [0.15, 0.2) is 0 Å². The van der Waals surface area contributed by atoms with Gasteiger partial charge in [-0.3, -0.25) is 0 Å². The van der Waals surface area contributed by atoms with Crippen LogP contribution < -0.4 is 9.64 Å². The van der Waals surface area contributed by atoms with Crippen molar-refractivity contribution in [3.63, 3.8) is 0 Å². The third kappa shape index (κ3) is 3.03. The summed E-state index contributed by atoms with van der Waals surface area (Å²) in [6.07, 6.45) is 5.36. The van der Waals surface area contributed by atoms with Crippen molar-refractivity contribution in [2.75, 3.05) is 44.7 Å². The molecule has 1 aromatic rings. The van der Waals surface area contributed by atoms with Crippen LogP contribution in [-0.4, -0.2) is 54.7 Å². The molecule has 1 aliphatic carbocycles. The van der Waals surface area contributed by atoms with E-state index in [1.807, 2.05) is 6.07 Å². The summed E-state index contributed by atoms with van der Waals surface area (Å²) in [5.74, 6) is 1.45. The molecule has 1 aliphatic heterocycles. The Balaban J connectivity index is 1.60. The molecule has 20 heavy (non-hydrogen) atoms. The van der Waals surface area contributed by atoms with Gasteiger partial charge in [-0.15, -0.1) is 0 Å². The van der Waals surface area contributed by atoms with E-state index in [2.05, 4.69) is 33.7 Å². The van der Waals surface area contributed by atoms with Gasteiger partial charge in [0.2, 0.25) is 11.8 Å². The van der Waals surface area contributed by atoms with Gasteiger partial charge in [-0.05, 0) is 26.8 Å². The molecule has 1 aromatic heterocycles. The summed E-state index contributed by atoms with van der Waals surface area (Å²) in [6, 6.07) is 1.83. The average molecular weight is 275 g/mol. The summed E-state index contributed by atoms with van der Waals surface area (Å²) < 4.78 is 5.81. The first-order valence-corrected chi connectivity index (χ1v) is 7.39. The van der Waals surface area contributed by atoms with E-state index < -0.39 is 0 Å². The van der Waals surface area contributed by atoms with E-state index in [4.69, 9.17) is 4.74 Å². The van der Waals surface area contributed by atoms with Crippen molar-refractivity contribution in [1.29, 1.82) is 0 Å². The Morgan fingerprint density at radius 2 is 2.05 bits per heavy atom. The van der Waals surface area contributed by atoms with Gasteiger partial charge in [-0.25, -0.2) is 4.98 Å². The molecule has 2 fully saturated rings. The molecule has 1 saturated carbocycles. The first-order valence-electron chi connectivity index (χ1n) is 7.39. The minimum Gasteiger partial charge on any atom is -0.477 e. The summed E-state index contributed by atoms with van der Waals surface area (Å²) >= 11 is 0. The van der Waals surface area contributed by atoms with Crippen LogP contribution in [-0.2, 0) is 0 Å². The van der Waals surface area contributed by atoms with Gasteiger partial charge < -0.3 is 14.5 Å². The van der Waals surface area contributed by atoms with Gasteiger partial charge in [0.1, 0.15) is 0 Å². The smallest absolute Gasteiger partial charge is 0.228 e. The summed E-state index contributed by atoms with van der Waals surface area (Å²) in [4.78, 5) is 13.4. The predicted molar refractivity (Wildman–Crippen MR) is 78.9 cm³/mol. The Labute approximate surface area is 121 Å². The van der Waals surface area contributed by atoms with Gasteiger partial charge in [0.25, 0.3) is 0 Å². The molecule has 5 nitrogen and oxygen atoms in total. The predicted octanol–water partition coefficient (Wildman–Crippen LogP) is 1.61. The fourth-order valence-corrected chi connectivity index (χ4v) is 2.62. The Morgan fingerprint density at radius 1 is 1.30 bits per heavy atom.